The van der Waals surface area contributed by atoms with E-state index in [4.69, 9.17) is 9.47 Å². The van der Waals surface area contributed by atoms with Crippen LogP contribution in [0.3, 0.4) is 0 Å². The van der Waals surface area contributed by atoms with Crippen LogP contribution in [0.2, 0.25) is 0 Å². The Labute approximate surface area is 404 Å². The summed E-state index contributed by atoms with van der Waals surface area (Å²) in [6.07, 6.45) is 32.9. The molecule has 0 amide bonds. The molecular weight excluding hydrogens is 809 g/mol. The van der Waals surface area contributed by atoms with Crippen LogP contribution in [0.4, 0.5) is 0 Å². The van der Waals surface area contributed by atoms with Crippen molar-refractivity contribution in [1.82, 2.24) is 0 Å². The summed E-state index contributed by atoms with van der Waals surface area (Å²) in [6, 6.07) is 0. The summed E-state index contributed by atoms with van der Waals surface area (Å²) in [7, 11) is 0. The van der Waals surface area contributed by atoms with Gasteiger partial charge in [0.15, 0.2) is 0 Å². The molecular formula is C62H94O4. The first-order valence-corrected chi connectivity index (χ1v) is 28.2. The second-order valence-electron chi connectivity index (χ2n) is 26.2. The fourth-order valence-electron chi connectivity index (χ4n) is 18.3. The number of carbonyl (C=O) groups excluding carboxylic acids is 2. The van der Waals surface area contributed by atoms with Crippen molar-refractivity contribution in [3.8, 4) is 23.7 Å². The molecule has 0 N–H and O–H groups in total. The Morgan fingerprint density at radius 1 is 0.545 bits per heavy atom. The molecule has 6 saturated carbocycles. The van der Waals surface area contributed by atoms with E-state index in [0.717, 1.165) is 110 Å². The van der Waals surface area contributed by atoms with E-state index in [1.54, 1.807) is 11.1 Å². The average Bonchev–Trinajstić information content (AvgIpc) is 3.81. The molecule has 366 valence electrons. The molecule has 0 heterocycles. The zero-order chi connectivity index (χ0) is 47.0. The van der Waals surface area contributed by atoms with E-state index >= 15 is 0 Å². The van der Waals surface area contributed by atoms with Gasteiger partial charge in [-0.3, -0.25) is 9.59 Å². The van der Waals surface area contributed by atoms with Crippen LogP contribution in [-0.2, 0) is 19.1 Å². The lowest BCUT2D eigenvalue weighted by Gasteiger charge is -2.58. The van der Waals surface area contributed by atoms with Crippen molar-refractivity contribution in [2.45, 2.75) is 236 Å². The van der Waals surface area contributed by atoms with Gasteiger partial charge in [0.05, 0.1) is 0 Å². The summed E-state index contributed by atoms with van der Waals surface area (Å²) >= 11 is 0. The van der Waals surface area contributed by atoms with Crippen molar-refractivity contribution in [3.05, 3.63) is 23.3 Å². The second kappa shape index (κ2) is 20.5. The van der Waals surface area contributed by atoms with Gasteiger partial charge in [0.2, 0.25) is 0 Å². The lowest BCUT2D eigenvalue weighted by Crippen LogP contribution is -2.51. The fraction of sp³-hybridized carbons (Fsp3) is 0.839. The third-order valence-corrected chi connectivity index (χ3v) is 21.8. The summed E-state index contributed by atoms with van der Waals surface area (Å²) in [6.45, 7) is 25.1. The molecule has 8 rings (SSSR count). The van der Waals surface area contributed by atoms with Crippen LogP contribution in [0.15, 0.2) is 23.3 Å². The maximum Gasteiger partial charge on any atom is 0.318 e. The van der Waals surface area contributed by atoms with E-state index < -0.39 is 0 Å². The maximum absolute atomic E-state index is 13.0. The quantitative estimate of drug-likeness (QED) is 0.0990. The molecule has 8 aliphatic carbocycles. The van der Waals surface area contributed by atoms with Crippen LogP contribution in [0.1, 0.15) is 223 Å². The van der Waals surface area contributed by atoms with Gasteiger partial charge >= 0.3 is 11.9 Å². The monoisotopic (exact) mass is 903 g/mol. The number of hydrogen-bond donors (Lipinski definition) is 0. The van der Waals surface area contributed by atoms with Crippen molar-refractivity contribution in [1.29, 1.82) is 0 Å². The zero-order valence-corrected chi connectivity index (χ0v) is 43.8. The van der Waals surface area contributed by atoms with Crippen LogP contribution < -0.4 is 0 Å². The standard InChI is InChI=1S/C62H94O4/c1-41(2)17-15-19-43(5)51-27-29-53-49-25-23-45-39-47(31-35-59(45,7)55(49)33-37-61(51,53)9)65-57(63)21-13-11-12-14-22-58(64)66-48-32-36-60(8)46(40-48)24-26-50-54-30-28-52(44(6)20-16-18-42(3)4)62(54,10)38-34-56(50)60/h23-24,41-44,47-56H,15-22,25-40H2,1-10H3. The molecule has 0 spiro atoms. The van der Waals surface area contributed by atoms with Crippen molar-refractivity contribution >= 4 is 11.9 Å². The zero-order valence-electron chi connectivity index (χ0n) is 43.8. The molecule has 0 aromatic rings. The van der Waals surface area contributed by atoms with Gasteiger partial charge in [-0.15, -0.1) is 0 Å². The molecule has 4 nitrogen and oxygen atoms in total. The minimum Gasteiger partial charge on any atom is -0.461 e. The highest BCUT2D eigenvalue weighted by molar-refractivity contribution is 5.74. The minimum atomic E-state index is -0.260. The first-order valence-electron chi connectivity index (χ1n) is 28.2. The van der Waals surface area contributed by atoms with Crippen molar-refractivity contribution in [3.63, 3.8) is 0 Å². The molecule has 0 aliphatic heterocycles. The van der Waals surface area contributed by atoms with E-state index in [2.05, 4.69) is 105 Å². The van der Waals surface area contributed by atoms with E-state index in [-0.39, 0.29) is 47.8 Å². The van der Waals surface area contributed by atoms with E-state index in [0.29, 0.717) is 10.8 Å². The number of fused-ring (bicyclic) bond motifs is 10. The lowest BCUT2D eigenvalue weighted by molar-refractivity contribution is -0.151. The van der Waals surface area contributed by atoms with Crippen LogP contribution in [0.25, 0.3) is 0 Å². The first-order chi connectivity index (χ1) is 31.5. The van der Waals surface area contributed by atoms with Gasteiger partial charge in [0, 0.05) is 12.8 Å². The summed E-state index contributed by atoms with van der Waals surface area (Å²) in [4.78, 5) is 25.9. The molecule has 8 aliphatic rings. The van der Waals surface area contributed by atoms with Crippen molar-refractivity contribution in [2.75, 3.05) is 0 Å². The molecule has 0 bridgehead atoms. The Kier molecular flexibility index (Phi) is 15.5. The predicted octanol–water partition coefficient (Wildman–Crippen LogP) is 15.7. The van der Waals surface area contributed by atoms with Crippen molar-refractivity contribution < 1.29 is 19.1 Å². The highest BCUT2D eigenvalue weighted by Gasteiger charge is 2.61. The number of allylic oxidation sites excluding steroid dienone is 2. The molecule has 6 fully saturated rings. The molecule has 0 radical (unpaired) electrons. The van der Waals surface area contributed by atoms with Crippen LogP contribution in [0, 0.1) is 116 Å². The molecule has 16 unspecified atom stereocenters. The molecule has 16 atom stereocenters. The third kappa shape index (κ3) is 9.95. The number of hydrogen-bond acceptors (Lipinski definition) is 4. The fourth-order valence-corrected chi connectivity index (χ4v) is 18.3. The van der Waals surface area contributed by atoms with E-state index in [9.17, 15) is 9.59 Å². The smallest absolute Gasteiger partial charge is 0.318 e. The Balaban J connectivity index is 0.759. The number of rotatable bonds is 14. The highest BCUT2D eigenvalue weighted by Crippen LogP contribution is 2.69. The van der Waals surface area contributed by atoms with Gasteiger partial charge < -0.3 is 9.47 Å². The molecule has 0 saturated heterocycles. The average molecular weight is 903 g/mol. The Morgan fingerprint density at radius 2 is 0.955 bits per heavy atom. The summed E-state index contributed by atoms with van der Waals surface area (Å²) in [5, 5.41) is 0. The third-order valence-electron chi connectivity index (χ3n) is 21.8. The maximum atomic E-state index is 13.0. The summed E-state index contributed by atoms with van der Waals surface area (Å²) in [5.74, 6) is 20.8. The largest absolute Gasteiger partial charge is 0.461 e. The predicted molar refractivity (Wildman–Crippen MR) is 271 cm³/mol. The molecule has 0 aromatic carbocycles. The SMILES string of the molecule is CC(C)CCCC(C)C1CCC2C3CC=C4CC(OC(=O)CC#CC#CCC(=O)OC5CCC6(C)C(=CCC7C6CCC6(C)C(C(C)CCCC(C)C)CCC76)C5)CCC4(C)C3CCC12C. The normalized spacial score (nSPS) is 40.8. The van der Waals surface area contributed by atoms with Gasteiger partial charge in [-0.1, -0.05) is 143 Å². The van der Waals surface area contributed by atoms with Gasteiger partial charge in [0.25, 0.3) is 0 Å². The molecule has 4 heteroatoms. The number of ether oxygens (including phenoxy) is 2. The Hall–Kier alpha value is -2.46. The van der Waals surface area contributed by atoms with E-state index in [1.165, 1.54) is 103 Å². The Morgan fingerprint density at radius 3 is 1.35 bits per heavy atom. The van der Waals surface area contributed by atoms with Crippen LogP contribution in [-0.4, -0.2) is 24.1 Å². The van der Waals surface area contributed by atoms with Crippen molar-refractivity contribution in [2.24, 2.45) is 92.7 Å². The Bertz CT molecular complexity index is 1790. The molecule has 0 aromatic heterocycles. The van der Waals surface area contributed by atoms with Gasteiger partial charge in [-0.05, 0) is 194 Å². The number of esters is 2. The minimum absolute atomic E-state index is 0.0316. The van der Waals surface area contributed by atoms with Gasteiger partial charge in [-0.25, -0.2) is 0 Å². The summed E-state index contributed by atoms with van der Waals surface area (Å²) < 4.78 is 12.1. The topological polar surface area (TPSA) is 52.6 Å². The van der Waals surface area contributed by atoms with Gasteiger partial charge in [-0.2, -0.15) is 0 Å². The van der Waals surface area contributed by atoms with Gasteiger partial charge in [0.1, 0.15) is 25.0 Å². The first kappa shape index (κ1) is 49.9. The number of carbonyl (C=O) groups is 2. The molecule has 66 heavy (non-hydrogen) atoms. The van der Waals surface area contributed by atoms with E-state index in [1.807, 2.05) is 0 Å². The van der Waals surface area contributed by atoms with Crippen LogP contribution in [0.5, 0.6) is 0 Å². The second-order valence-corrected chi connectivity index (χ2v) is 26.2. The summed E-state index contributed by atoms with van der Waals surface area (Å²) in [5.41, 5.74) is 4.58. The lowest BCUT2D eigenvalue weighted by atomic mass is 9.47. The highest BCUT2D eigenvalue weighted by atomic mass is 16.5. The van der Waals surface area contributed by atoms with Crippen LogP contribution >= 0.6 is 0 Å².